The number of nitrogens with one attached hydrogen (secondary N) is 1. The number of hydrogen-bond donors (Lipinski definition) is 1. The summed E-state index contributed by atoms with van der Waals surface area (Å²) in [6, 6.07) is 7.99. The van der Waals surface area contributed by atoms with Crippen LogP contribution in [0.15, 0.2) is 29.4 Å². The number of aromatic nitrogens is 2. The van der Waals surface area contributed by atoms with Gasteiger partial charge in [0, 0.05) is 20.2 Å². The van der Waals surface area contributed by atoms with Gasteiger partial charge in [0.25, 0.3) is 0 Å². The number of carbonyl (C=O) groups excluding carboxylic acids is 1. The first-order valence-electron chi connectivity index (χ1n) is 7.10. The van der Waals surface area contributed by atoms with Gasteiger partial charge in [-0.1, -0.05) is 30.8 Å². The number of hydrogen-bond acceptors (Lipinski definition) is 4. The fourth-order valence-corrected chi connectivity index (χ4v) is 2.88. The highest BCUT2D eigenvalue weighted by Crippen LogP contribution is 2.23. The molecule has 1 N–H and O–H groups in total. The molecule has 2 aromatic rings. The van der Waals surface area contributed by atoms with Gasteiger partial charge in [0.2, 0.25) is 5.91 Å². The molecule has 0 saturated carbocycles. The third kappa shape index (κ3) is 4.22. The van der Waals surface area contributed by atoms with Crippen molar-refractivity contribution >= 4 is 28.7 Å². The normalized spacial score (nSPS) is 11.0. The van der Waals surface area contributed by atoms with E-state index in [1.807, 2.05) is 31.2 Å². The topological polar surface area (TPSA) is 56.2 Å². The van der Waals surface area contributed by atoms with E-state index in [9.17, 15) is 4.79 Å². The Morgan fingerprint density at radius 1 is 1.43 bits per heavy atom. The molecule has 0 unspecified atom stereocenters. The summed E-state index contributed by atoms with van der Waals surface area (Å²) in [4.78, 5) is 16.3. The lowest BCUT2D eigenvalue weighted by molar-refractivity contribution is -0.118. The summed E-state index contributed by atoms with van der Waals surface area (Å²) >= 11 is 1.47. The lowest BCUT2D eigenvalue weighted by Crippen LogP contribution is -2.25. The van der Waals surface area contributed by atoms with E-state index in [4.69, 9.17) is 4.74 Å². The van der Waals surface area contributed by atoms with Crippen LogP contribution in [0.25, 0.3) is 11.0 Å². The second kappa shape index (κ2) is 8.05. The molecule has 0 saturated heterocycles. The molecular weight excluding hydrogens is 286 g/mol. The second-order valence-electron chi connectivity index (χ2n) is 4.67. The summed E-state index contributed by atoms with van der Waals surface area (Å²) in [5.74, 6) is 0.434. The molecule has 0 aliphatic carbocycles. The van der Waals surface area contributed by atoms with Gasteiger partial charge in [-0.25, -0.2) is 4.98 Å². The van der Waals surface area contributed by atoms with E-state index in [1.54, 1.807) is 7.11 Å². The van der Waals surface area contributed by atoms with Crippen molar-refractivity contribution in [3.8, 4) is 0 Å². The molecule has 1 aromatic heterocycles. The molecule has 114 valence electrons. The van der Waals surface area contributed by atoms with Crippen molar-refractivity contribution in [2.24, 2.45) is 0 Å². The third-order valence-corrected chi connectivity index (χ3v) is 4.02. The first-order chi connectivity index (χ1) is 10.3. The molecule has 0 radical (unpaired) electrons. The van der Waals surface area contributed by atoms with E-state index in [0.717, 1.165) is 35.7 Å². The second-order valence-corrected chi connectivity index (χ2v) is 5.61. The van der Waals surface area contributed by atoms with Crippen molar-refractivity contribution in [1.82, 2.24) is 14.9 Å². The van der Waals surface area contributed by atoms with E-state index in [0.29, 0.717) is 12.4 Å². The molecule has 21 heavy (non-hydrogen) atoms. The Bertz CT molecular complexity index is 598. The number of amides is 1. The zero-order chi connectivity index (χ0) is 15.1. The minimum atomic E-state index is 0.0483. The van der Waals surface area contributed by atoms with Crippen LogP contribution in [0.3, 0.4) is 0 Å². The molecule has 1 heterocycles. The van der Waals surface area contributed by atoms with Crippen molar-refractivity contribution in [2.75, 3.05) is 26.0 Å². The van der Waals surface area contributed by atoms with Crippen LogP contribution in [0.4, 0.5) is 0 Å². The van der Waals surface area contributed by atoms with Gasteiger partial charge in [-0.15, -0.1) is 0 Å². The molecule has 0 aliphatic heterocycles. The fraction of sp³-hybridized carbons (Fsp3) is 0.467. The average Bonchev–Trinajstić information content (AvgIpc) is 2.86. The maximum atomic E-state index is 11.7. The van der Waals surface area contributed by atoms with Crippen molar-refractivity contribution in [3.05, 3.63) is 24.3 Å². The fourth-order valence-electron chi connectivity index (χ4n) is 2.01. The van der Waals surface area contributed by atoms with Crippen molar-refractivity contribution in [1.29, 1.82) is 0 Å². The molecule has 6 heteroatoms. The molecule has 1 amide bonds. The molecule has 2 rings (SSSR count). The SMILES string of the molecule is CCCNC(=O)CSc1nc2ccccc2n1CCOC. The van der Waals surface area contributed by atoms with Gasteiger partial charge in [0.05, 0.1) is 23.4 Å². The number of methoxy groups -OCH3 is 1. The molecule has 0 spiro atoms. The largest absolute Gasteiger partial charge is 0.383 e. The Kier molecular flexibility index (Phi) is 6.07. The number of rotatable bonds is 8. The number of benzene rings is 1. The minimum absolute atomic E-state index is 0.0483. The molecule has 1 aromatic carbocycles. The highest BCUT2D eigenvalue weighted by atomic mass is 32.2. The molecular formula is C15H21N3O2S. The summed E-state index contributed by atoms with van der Waals surface area (Å²) in [6.45, 7) is 4.11. The van der Waals surface area contributed by atoms with Crippen LogP contribution in [0.5, 0.6) is 0 Å². The molecule has 0 bridgehead atoms. The number of thioether (sulfide) groups is 1. The van der Waals surface area contributed by atoms with E-state index < -0.39 is 0 Å². The van der Waals surface area contributed by atoms with Crippen LogP contribution in [-0.2, 0) is 16.1 Å². The number of carbonyl (C=O) groups is 1. The Labute approximate surface area is 129 Å². The maximum Gasteiger partial charge on any atom is 0.230 e. The van der Waals surface area contributed by atoms with E-state index in [-0.39, 0.29) is 5.91 Å². The molecule has 0 atom stereocenters. The molecule has 0 aliphatic rings. The van der Waals surface area contributed by atoms with E-state index in [2.05, 4.69) is 14.9 Å². The van der Waals surface area contributed by atoms with Crippen LogP contribution in [0, 0.1) is 0 Å². The quantitative estimate of drug-likeness (QED) is 0.760. The summed E-state index contributed by atoms with van der Waals surface area (Å²) in [5, 5.41) is 3.74. The van der Waals surface area contributed by atoms with Crippen LogP contribution in [0.2, 0.25) is 0 Å². The van der Waals surface area contributed by atoms with Gasteiger partial charge in [-0.3, -0.25) is 4.79 Å². The van der Waals surface area contributed by atoms with Crippen molar-refractivity contribution in [3.63, 3.8) is 0 Å². The summed E-state index contributed by atoms with van der Waals surface area (Å²) in [5.41, 5.74) is 2.02. The van der Waals surface area contributed by atoms with Crippen LogP contribution >= 0.6 is 11.8 Å². The predicted octanol–water partition coefficient (Wildman–Crippen LogP) is 2.30. The third-order valence-electron chi connectivity index (χ3n) is 3.04. The number of para-hydroxylation sites is 2. The lowest BCUT2D eigenvalue weighted by atomic mass is 10.3. The van der Waals surface area contributed by atoms with E-state index >= 15 is 0 Å². The molecule has 0 fully saturated rings. The van der Waals surface area contributed by atoms with Gasteiger partial charge in [0.1, 0.15) is 0 Å². The number of imidazole rings is 1. The highest BCUT2D eigenvalue weighted by Gasteiger charge is 2.12. The first-order valence-corrected chi connectivity index (χ1v) is 8.08. The number of fused-ring (bicyclic) bond motifs is 1. The Morgan fingerprint density at radius 3 is 3.00 bits per heavy atom. The number of nitrogens with zero attached hydrogens (tertiary/aromatic N) is 2. The first kappa shape index (κ1) is 15.9. The Hall–Kier alpha value is -1.53. The van der Waals surface area contributed by atoms with Gasteiger partial charge < -0.3 is 14.6 Å². The summed E-state index contributed by atoms with van der Waals surface area (Å²) in [7, 11) is 1.68. The van der Waals surface area contributed by atoms with E-state index in [1.165, 1.54) is 11.8 Å². The highest BCUT2D eigenvalue weighted by molar-refractivity contribution is 7.99. The average molecular weight is 307 g/mol. The maximum absolute atomic E-state index is 11.7. The Balaban J connectivity index is 2.12. The van der Waals surface area contributed by atoms with Crippen molar-refractivity contribution < 1.29 is 9.53 Å². The van der Waals surface area contributed by atoms with Crippen LogP contribution in [-0.4, -0.2) is 41.5 Å². The van der Waals surface area contributed by atoms with Crippen molar-refractivity contribution in [2.45, 2.75) is 25.0 Å². The lowest BCUT2D eigenvalue weighted by Gasteiger charge is -2.08. The summed E-state index contributed by atoms with van der Waals surface area (Å²) in [6.07, 6.45) is 0.947. The summed E-state index contributed by atoms with van der Waals surface area (Å²) < 4.78 is 7.27. The monoisotopic (exact) mass is 307 g/mol. The van der Waals surface area contributed by atoms with Gasteiger partial charge >= 0.3 is 0 Å². The number of ether oxygens (including phenoxy) is 1. The van der Waals surface area contributed by atoms with Gasteiger partial charge in [-0.05, 0) is 18.6 Å². The van der Waals surface area contributed by atoms with Crippen LogP contribution in [0.1, 0.15) is 13.3 Å². The van der Waals surface area contributed by atoms with Gasteiger partial charge in [-0.2, -0.15) is 0 Å². The standard InChI is InChI=1S/C15H21N3O2S/c1-3-8-16-14(19)11-21-15-17-12-6-4-5-7-13(12)18(15)9-10-20-2/h4-7H,3,8-11H2,1-2H3,(H,16,19). The zero-order valence-corrected chi connectivity index (χ0v) is 13.3. The molecule has 5 nitrogen and oxygen atoms in total. The zero-order valence-electron chi connectivity index (χ0n) is 12.5. The Morgan fingerprint density at radius 2 is 2.24 bits per heavy atom. The van der Waals surface area contributed by atoms with Crippen LogP contribution < -0.4 is 5.32 Å². The predicted molar refractivity (Wildman–Crippen MR) is 85.6 cm³/mol. The minimum Gasteiger partial charge on any atom is -0.383 e. The smallest absolute Gasteiger partial charge is 0.230 e. The van der Waals surface area contributed by atoms with Gasteiger partial charge in [0.15, 0.2) is 5.16 Å².